The number of nitro groups is 1. The highest BCUT2D eigenvalue weighted by Crippen LogP contribution is 2.29. The molecule has 0 spiro atoms. The van der Waals surface area contributed by atoms with E-state index < -0.39 is 36.1 Å². The van der Waals surface area contributed by atoms with Crippen molar-refractivity contribution >= 4 is 11.4 Å². The van der Waals surface area contributed by atoms with Crippen molar-refractivity contribution in [3.63, 3.8) is 0 Å². The van der Waals surface area contributed by atoms with E-state index in [1.807, 2.05) is 0 Å². The molecule has 0 amide bonds. The first-order valence-electron chi connectivity index (χ1n) is 6.08. The minimum Gasteiger partial charge on any atom is -0.394 e. The summed E-state index contributed by atoms with van der Waals surface area (Å²) in [5.74, 6) is 0. The lowest BCUT2D eigenvalue weighted by Crippen LogP contribution is -2.36. The Morgan fingerprint density at radius 2 is 2.10 bits per heavy atom. The van der Waals surface area contributed by atoms with Crippen LogP contribution in [0.1, 0.15) is 5.56 Å². The molecule has 0 unspecified atom stereocenters. The number of aryl methyl sites for hydroxylation is 1. The molecular weight excluding hydrogens is 268 g/mol. The molecule has 1 fully saturated rings. The fourth-order valence-electron chi connectivity index (χ4n) is 2.10. The Bertz CT molecular complexity index is 509. The van der Waals surface area contributed by atoms with Crippen molar-refractivity contribution in [1.82, 2.24) is 0 Å². The second-order valence-corrected chi connectivity index (χ2v) is 4.68. The van der Waals surface area contributed by atoms with Crippen molar-refractivity contribution < 1.29 is 25.0 Å². The normalized spacial score (nSPS) is 29.4. The number of nitro benzene ring substituents is 1. The molecule has 0 aliphatic carbocycles. The highest BCUT2D eigenvalue weighted by molar-refractivity contribution is 5.63. The van der Waals surface area contributed by atoms with Crippen molar-refractivity contribution in [2.24, 2.45) is 0 Å². The number of nitrogens with one attached hydrogen (secondary N) is 1. The van der Waals surface area contributed by atoms with E-state index in [0.29, 0.717) is 0 Å². The third-order valence-electron chi connectivity index (χ3n) is 3.19. The van der Waals surface area contributed by atoms with Gasteiger partial charge in [0.15, 0.2) is 6.23 Å². The number of rotatable bonds is 4. The van der Waals surface area contributed by atoms with Gasteiger partial charge in [-0.25, -0.2) is 0 Å². The molecule has 1 heterocycles. The quantitative estimate of drug-likeness (QED) is 0.444. The van der Waals surface area contributed by atoms with Crippen LogP contribution in [0.3, 0.4) is 0 Å². The molecule has 0 aromatic heterocycles. The Balaban J connectivity index is 2.22. The van der Waals surface area contributed by atoms with Crippen molar-refractivity contribution in [3.05, 3.63) is 33.9 Å². The molecule has 1 saturated heterocycles. The smallest absolute Gasteiger partial charge is 0.292 e. The van der Waals surface area contributed by atoms with Crippen LogP contribution in [-0.2, 0) is 4.74 Å². The van der Waals surface area contributed by atoms with E-state index in [4.69, 9.17) is 9.84 Å². The number of aliphatic hydroxyl groups excluding tert-OH is 3. The molecule has 0 radical (unpaired) electrons. The average molecular weight is 284 g/mol. The zero-order valence-electron chi connectivity index (χ0n) is 10.8. The molecule has 1 aromatic carbocycles. The van der Waals surface area contributed by atoms with Crippen molar-refractivity contribution in [1.29, 1.82) is 0 Å². The van der Waals surface area contributed by atoms with E-state index in [9.17, 15) is 20.3 Å². The molecule has 1 aliphatic heterocycles. The molecule has 20 heavy (non-hydrogen) atoms. The monoisotopic (exact) mass is 284 g/mol. The molecule has 0 bridgehead atoms. The second kappa shape index (κ2) is 5.71. The minimum atomic E-state index is -1.28. The molecular formula is C12H16N2O6. The SMILES string of the molecule is Cc1ccc([N+](=O)[O-])c(N[C@@H]2O[C@H](CO)[C@@H](O)[C@H]2O)c1. The van der Waals surface area contributed by atoms with Crippen LogP contribution in [0.25, 0.3) is 0 Å². The number of anilines is 1. The Hall–Kier alpha value is -1.74. The third kappa shape index (κ3) is 2.73. The molecule has 1 aliphatic rings. The number of benzene rings is 1. The number of nitrogens with zero attached hydrogens (tertiary/aromatic N) is 1. The van der Waals surface area contributed by atoms with Crippen LogP contribution in [0.2, 0.25) is 0 Å². The summed E-state index contributed by atoms with van der Waals surface area (Å²) in [6.45, 7) is 1.32. The van der Waals surface area contributed by atoms with Gasteiger partial charge in [-0.2, -0.15) is 0 Å². The van der Waals surface area contributed by atoms with Gasteiger partial charge >= 0.3 is 0 Å². The van der Waals surface area contributed by atoms with Crippen LogP contribution in [0.15, 0.2) is 18.2 Å². The Kier molecular flexibility index (Phi) is 4.19. The van der Waals surface area contributed by atoms with Gasteiger partial charge in [0.05, 0.1) is 11.5 Å². The van der Waals surface area contributed by atoms with Crippen molar-refractivity contribution in [2.75, 3.05) is 11.9 Å². The Labute approximate surface area is 114 Å². The van der Waals surface area contributed by atoms with E-state index >= 15 is 0 Å². The van der Waals surface area contributed by atoms with Crippen LogP contribution < -0.4 is 5.32 Å². The van der Waals surface area contributed by atoms with Crippen LogP contribution in [-0.4, -0.2) is 51.4 Å². The summed E-state index contributed by atoms with van der Waals surface area (Å²) in [5.41, 5.74) is 0.822. The van der Waals surface area contributed by atoms with E-state index in [1.54, 1.807) is 19.1 Å². The number of hydrogen-bond donors (Lipinski definition) is 4. The van der Waals surface area contributed by atoms with Gasteiger partial charge < -0.3 is 25.4 Å². The maximum Gasteiger partial charge on any atom is 0.292 e. The topological polar surface area (TPSA) is 125 Å². The van der Waals surface area contributed by atoms with Gasteiger partial charge in [0.25, 0.3) is 5.69 Å². The van der Waals surface area contributed by atoms with E-state index in [1.165, 1.54) is 6.07 Å². The largest absolute Gasteiger partial charge is 0.394 e. The standard InChI is InChI=1S/C12H16N2O6/c1-6-2-3-8(14(18)19)7(4-6)13-12-11(17)10(16)9(5-15)20-12/h2-4,9-13,15-17H,5H2,1H3/t9-,10-,11-,12-/m1/s1. The number of aliphatic hydroxyl groups is 3. The molecule has 1 aromatic rings. The molecule has 4 atom stereocenters. The van der Waals surface area contributed by atoms with Gasteiger partial charge in [-0.15, -0.1) is 0 Å². The van der Waals surface area contributed by atoms with Crippen molar-refractivity contribution in [3.8, 4) is 0 Å². The molecule has 8 heteroatoms. The zero-order valence-corrected chi connectivity index (χ0v) is 10.8. The average Bonchev–Trinajstić information content (AvgIpc) is 2.66. The highest BCUT2D eigenvalue weighted by Gasteiger charge is 2.42. The van der Waals surface area contributed by atoms with Crippen molar-refractivity contribution in [2.45, 2.75) is 31.5 Å². The predicted molar refractivity (Wildman–Crippen MR) is 69.2 cm³/mol. The van der Waals surface area contributed by atoms with Gasteiger partial charge in [0.2, 0.25) is 0 Å². The third-order valence-corrected chi connectivity index (χ3v) is 3.19. The van der Waals surface area contributed by atoms with E-state index in [0.717, 1.165) is 5.56 Å². The van der Waals surface area contributed by atoms with Gasteiger partial charge in [-0.05, 0) is 18.6 Å². The Morgan fingerprint density at radius 3 is 2.65 bits per heavy atom. The summed E-state index contributed by atoms with van der Waals surface area (Å²) in [6, 6.07) is 4.49. The zero-order chi connectivity index (χ0) is 14.9. The minimum absolute atomic E-state index is 0.159. The first kappa shape index (κ1) is 14.7. The number of ether oxygens (including phenoxy) is 1. The lowest BCUT2D eigenvalue weighted by molar-refractivity contribution is -0.384. The van der Waals surface area contributed by atoms with Gasteiger partial charge in [0, 0.05) is 6.07 Å². The van der Waals surface area contributed by atoms with E-state index in [2.05, 4.69) is 5.32 Å². The molecule has 2 rings (SSSR count). The second-order valence-electron chi connectivity index (χ2n) is 4.68. The fourth-order valence-corrected chi connectivity index (χ4v) is 2.10. The lowest BCUT2D eigenvalue weighted by atomic mass is 10.1. The van der Waals surface area contributed by atoms with E-state index in [-0.39, 0.29) is 11.4 Å². The maximum atomic E-state index is 10.9. The predicted octanol–water partition coefficient (Wildman–Crippen LogP) is -0.246. The highest BCUT2D eigenvalue weighted by atomic mass is 16.6. The molecule has 8 nitrogen and oxygen atoms in total. The van der Waals surface area contributed by atoms with Gasteiger partial charge in [-0.3, -0.25) is 10.1 Å². The summed E-state index contributed by atoms with van der Waals surface area (Å²) in [6.07, 6.45) is -4.48. The first-order valence-corrected chi connectivity index (χ1v) is 6.08. The molecule has 0 saturated carbocycles. The van der Waals surface area contributed by atoms with Gasteiger partial charge in [-0.1, -0.05) is 6.07 Å². The summed E-state index contributed by atoms with van der Waals surface area (Å²) in [4.78, 5) is 10.4. The fraction of sp³-hybridized carbons (Fsp3) is 0.500. The summed E-state index contributed by atoms with van der Waals surface area (Å²) in [7, 11) is 0. The number of hydrogen-bond acceptors (Lipinski definition) is 7. The van der Waals surface area contributed by atoms with Crippen LogP contribution in [0, 0.1) is 17.0 Å². The first-order chi connectivity index (χ1) is 9.43. The molecule has 110 valence electrons. The lowest BCUT2D eigenvalue weighted by Gasteiger charge is -2.17. The molecule has 4 N–H and O–H groups in total. The van der Waals surface area contributed by atoms with Gasteiger partial charge in [0.1, 0.15) is 24.0 Å². The summed E-state index contributed by atoms with van der Waals surface area (Å²) in [5, 5.41) is 42.1. The van der Waals surface area contributed by atoms with Crippen LogP contribution >= 0.6 is 0 Å². The Morgan fingerprint density at radius 1 is 1.40 bits per heavy atom. The summed E-state index contributed by atoms with van der Waals surface area (Å²) >= 11 is 0. The van der Waals surface area contributed by atoms with Crippen LogP contribution in [0.4, 0.5) is 11.4 Å². The summed E-state index contributed by atoms with van der Waals surface area (Å²) < 4.78 is 5.23. The van der Waals surface area contributed by atoms with Crippen LogP contribution in [0.5, 0.6) is 0 Å². The maximum absolute atomic E-state index is 10.9.